The van der Waals surface area contributed by atoms with Crippen LogP contribution in [-0.2, 0) is 6.61 Å². The molecule has 1 saturated heterocycles. The van der Waals surface area contributed by atoms with Crippen molar-refractivity contribution in [3.8, 4) is 11.5 Å². The summed E-state index contributed by atoms with van der Waals surface area (Å²) in [4.78, 5) is 2.37. The molecule has 2 N–H and O–H groups in total. The van der Waals surface area contributed by atoms with Crippen molar-refractivity contribution in [2.24, 2.45) is 11.7 Å². The fourth-order valence-electron chi connectivity index (χ4n) is 3.59. The molecule has 1 aliphatic rings. The largest absolute Gasteiger partial charge is 0.490 e. The maximum Gasteiger partial charge on any atom is 0.166 e. The van der Waals surface area contributed by atoms with Gasteiger partial charge in [0.15, 0.2) is 11.5 Å². The highest BCUT2D eigenvalue weighted by molar-refractivity contribution is 5.48. The van der Waals surface area contributed by atoms with Crippen LogP contribution in [-0.4, -0.2) is 31.6 Å². The molecule has 0 bridgehead atoms. The van der Waals surface area contributed by atoms with Crippen LogP contribution >= 0.6 is 0 Å². The Hall–Kier alpha value is -2.04. The lowest BCUT2D eigenvalue weighted by atomic mass is 9.98. The summed E-state index contributed by atoms with van der Waals surface area (Å²) in [5.41, 5.74) is 8.25. The van der Waals surface area contributed by atoms with E-state index in [0.29, 0.717) is 25.2 Å². The number of para-hydroxylation sites is 1. The molecule has 1 fully saturated rings. The summed E-state index contributed by atoms with van der Waals surface area (Å²) in [5.74, 6) is 2.22. The van der Waals surface area contributed by atoms with Crippen molar-refractivity contribution in [3.05, 3.63) is 59.7 Å². The van der Waals surface area contributed by atoms with Crippen molar-refractivity contribution >= 4 is 0 Å². The van der Waals surface area contributed by atoms with Gasteiger partial charge >= 0.3 is 0 Å². The zero-order valence-corrected chi connectivity index (χ0v) is 15.2. The van der Waals surface area contributed by atoms with Gasteiger partial charge < -0.3 is 15.2 Å². The summed E-state index contributed by atoms with van der Waals surface area (Å²) in [6, 6.07) is 16.8. The predicted octanol–water partition coefficient (Wildman–Crippen LogP) is 3.62. The van der Waals surface area contributed by atoms with Crippen molar-refractivity contribution in [2.45, 2.75) is 26.0 Å². The maximum absolute atomic E-state index is 6.25. The van der Waals surface area contributed by atoms with E-state index in [1.54, 1.807) is 0 Å². The first-order chi connectivity index (χ1) is 12.2. The molecular weight excluding hydrogens is 312 g/mol. The molecule has 134 valence electrons. The topological polar surface area (TPSA) is 47.7 Å². The number of benzene rings is 2. The minimum absolute atomic E-state index is 0.319. The van der Waals surface area contributed by atoms with Crippen LogP contribution in [0.2, 0.25) is 0 Å². The van der Waals surface area contributed by atoms with Crippen molar-refractivity contribution < 1.29 is 9.47 Å². The zero-order chi connectivity index (χ0) is 17.6. The molecule has 0 aromatic heterocycles. The number of hydrogen-bond acceptors (Lipinski definition) is 4. The Morgan fingerprint density at radius 2 is 1.88 bits per heavy atom. The molecule has 2 unspecified atom stereocenters. The van der Waals surface area contributed by atoms with Crippen molar-refractivity contribution in [2.75, 3.05) is 26.7 Å². The Kier molecular flexibility index (Phi) is 5.95. The van der Waals surface area contributed by atoms with Gasteiger partial charge in [0.05, 0.1) is 6.61 Å². The van der Waals surface area contributed by atoms with E-state index < -0.39 is 0 Å². The molecule has 1 heterocycles. The van der Waals surface area contributed by atoms with Gasteiger partial charge in [0.2, 0.25) is 0 Å². The van der Waals surface area contributed by atoms with Crippen LogP contribution in [0.1, 0.15) is 30.5 Å². The van der Waals surface area contributed by atoms with Gasteiger partial charge in [-0.3, -0.25) is 4.90 Å². The normalized spacial score (nSPS) is 20.6. The SMILES string of the molecule is CCOc1cccc(C2CC(CN)CN2C)c1OCc1ccccc1. The van der Waals surface area contributed by atoms with Crippen molar-refractivity contribution in [1.29, 1.82) is 0 Å². The summed E-state index contributed by atoms with van der Waals surface area (Å²) < 4.78 is 12.1. The third-order valence-corrected chi connectivity index (χ3v) is 4.86. The summed E-state index contributed by atoms with van der Waals surface area (Å²) in [6.45, 7) is 4.91. The molecular formula is C21H28N2O2. The van der Waals surface area contributed by atoms with Crippen molar-refractivity contribution in [1.82, 2.24) is 4.90 Å². The van der Waals surface area contributed by atoms with E-state index in [2.05, 4.69) is 36.2 Å². The molecule has 2 aromatic rings. The van der Waals surface area contributed by atoms with Crippen LogP contribution in [0.5, 0.6) is 11.5 Å². The third-order valence-electron chi connectivity index (χ3n) is 4.86. The number of rotatable bonds is 7. The number of nitrogens with two attached hydrogens (primary N) is 1. The van der Waals surface area contributed by atoms with Crippen LogP contribution in [0.4, 0.5) is 0 Å². The predicted molar refractivity (Wildman–Crippen MR) is 101 cm³/mol. The second-order valence-corrected chi connectivity index (χ2v) is 6.67. The first-order valence-electron chi connectivity index (χ1n) is 9.05. The maximum atomic E-state index is 6.25. The van der Waals surface area contributed by atoms with Gasteiger partial charge in [-0.1, -0.05) is 42.5 Å². The molecule has 25 heavy (non-hydrogen) atoms. The molecule has 0 amide bonds. The molecule has 4 nitrogen and oxygen atoms in total. The fraction of sp³-hybridized carbons (Fsp3) is 0.429. The Morgan fingerprint density at radius 3 is 2.56 bits per heavy atom. The Morgan fingerprint density at radius 1 is 1.08 bits per heavy atom. The van der Waals surface area contributed by atoms with E-state index in [4.69, 9.17) is 15.2 Å². The second-order valence-electron chi connectivity index (χ2n) is 6.67. The van der Waals surface area contributed by atoms with Crippen LogP contribution in [0, 0.1) is 5.92 Å². The van der Waals surface area contributed by atoms with Gasteiger partial charge in [-0.25, -0.2) is 0 Å². The van der Waals surface area contributed by atoms with Gasteiger partial charge in [-0.15, -0.1) is 0 Å². The lowest BCUT2D eigenvalue weighted by Gasteiger charge is -2.24. The molecule has 3 rings (SSSR count). The standard InChI is InChI=1S/C21H28N2O2/c1-3-24-20-11-7-10-18(19-12-17(13-22)14-23(19)2)21(20)25-15-16-8-5-4-6-9-16/h4-11,17,19H,3,12-15,22H2,1-2H3. The fourth-order valence-corrected chi connectivity index (χ4v) is 3.59. The Bertz CT molecular complexity index is 675. The summed E-state index contributed by atoms with van der Waals surface area (Å²) in [7, 11) is 2.16. The monoisotopic (exact) mass is 340 g/mol. The van der Waals surface area contributed by atoms with E-state index in [1.165, 1.54) is 5.56 Å². The summed E-state index contributed by atoms with van der Waals surface area (Å²) in [6.07, 6.45) is 1.06. The average molecular weight is 340 g/mol. The molecule has 0 saturated carbocycles. The van der Waals surface area contributed by atoms with E-state index in [9.17, 15) is 0 Å². The van der Waals surface area contributed by atoms with Gasteiger partial charge in [-0.2, -0.15) is 0 Å². The number of ether oxygens (including phenoxy) is 2. The summed E-state index contributed by atoms with van der Waals surface area (Å²) in [5, 5.41) is 0. The van der Waals surface area contributed by atoms with Gasteiger partial charge in [0.25, 0.3) is 0 Å². The van der Waals surface area contributed by atoms with E-state index in [-0.39, 0.29) is 0 Å². The number of likely N-dealkylation sites (tertiary alicyclic amines) is 1. The molecule has 0 spiro atoms. The molecule has 1 aliphatic heterocycles. The van der Waals surface area contributed by atoms with Gasteiger partial charge in [0.1, 0.15) is 6.61 Å². The quantitative estimate of drug-likeness (QED) is 0.836. The third kappa shape index (κ3) is 4.14. The highest BCUT2D eigenvalue weighted by atomic mass is 16.5. The first kappa shape index (κ1) is 17.8. The minimum atomic E-state index is 0.319. The van der Waals surface area contributed by atoms with E-state index in [1.807, 2.05) is 31.2 Å². The Labute approximate surface area is 150 Å². The molecule has 2 aromatic carbocycles. The van der Waals surface area contributed by atoms with Crippen LogP contribution < -0.4 is 15.2 Å². The smallest absolute Gasteiger partial charge is 0.166 e. The average Bonchev–Trinajstić information content (AvgIpc) is 3.02. The van der Waals surface area contributed by atoms with Gasteiger partial charge in [-0.05, 0) is 44.5 Å². The minimum Gasteiger partial charge on any atom is -0.490 e. The van der Waals surface area contributed by atoms with Gasteiger partial charge in [0, 0.05) is 18.2 Å². The Balaban J connectivity index is 1.88. The molecule has 0 radical (unpaired) electrons. The molecule has 0 aliphatic carbocycles. The van der Waals surface area contributed by atoms with E-state index >= 15 is 0 Å². The lowest BCUT2D eigenvalue weighted by molar-refractivity contribution is 0.252. The second kappa shape index (κ2) is 8.37. The molecule has 2 atom stereocenters. The van der Waals surface area contributed by atoms with Crippen LogP contribution in [0.15, 0.2) is 48.5 Å². The molecule has 4 heteroatoms. The number of nitrogens with zero attached hydrogens (tertiary/aromatic N) is 1. The number of hydrogen-bond donors (Lipinski definition) is 1. The van der Waals surface area contributed by atoms with E-state index in [0.717, 1.165) is 36.6 Å². The zero-order valence-electron chi connectivity index (χ0n) is 15.2. The highest BCUT2D eigenvalue weighted by Gasteiger charge is 2.32. The summed E-state index contributed by atoms with van der Waals surface area (Å²) >= 11 is 0. The first-order valence-corrected chi connectivity index (χ1v) is 9.05. The van der Waals surface area contributed by atoms with Crippen molar-refractivity contribution in [3.63, 3.8) is 0 Å². The van der Waals surface area contributed by atoms with Crippen LogP contribution in [0.25, 0.3) is 0 Å². The highest BCUT2D eigenvalue weighted by Crippen LogP contribution is 2.42. The van der Waals surface area contributed by atoms with Crippen LogP contribution in [0.3, 0.4) is 0 Å². The lowest BCUT2D eigenvalue weighted by Crippen LogP contribution is -2.21.